The molecule has 0 unspecified atom stereocenters. The molecule has 3 aliphatic rings. The molecular formula is C30H30O12. The highest BCUT2D eigenvalue weighted by Gasteiger charge is 2.57. The maximum atomic E-state index is 11.7. The number of hydrogen-bond donors (Lipinski definition) is 5. The van der Waals surface area contributed by atoms with E-state index in [0.29, 0.717) is 34.1 Å². The summed E-state index contributed by atoms with van der Waals surface area (Å²) in [5, 5.41) is 51.1. The first-order valence-corrected chi connectivity index (χ1v) is 13.2. The number of rotatable bonds is 7. The second-order valence-electron chi connectivity index (χ2n) is 10.3. The largest absolute Gasteiger partial charge is 0.493 e. The number of carboxylic acids is 1. The highest BCUT2D eigenvalue weighted by Crippen LogP contribution is 2.58. The van der Waals surface area contributed by atoms with Gasteiger partial charge in [-0.2, -0.15) is 0 Å². The topological polar surface area (TPSA) is 174 Å². The maximum absolute atomic E-state index is 11.7. The first-order valence-electron chi connectivity index (χ1n) is 13.2. The SMILES string of the molecule is COc1ccc2c(c1OC)O[C@@H]1c3c(cc(O[C@@]4(CO)O[C@H](C(=O)O)[C@@H](O)[C@H](O)[C@H]4O)cc3-c3ccccc3)OC[C@@H]21. The summed E-state index contributed by atoms with van der Waals surface area (Å²) in [7, 11) is 3.08. The second-order valence-corrected chi connectivity index (χ2v) is 10.3. The van der Waals surface area contributed by atoms with Gasteiger partial charge in [-0.3, -0.25) is 0 Å². The fourth-order valence-corrected chi connectivity index (χ4v) is 5.87. The molecule has 0 aromatic heterocycles. The van der Waals surface area contributed by atoms with Gasteiger partial charge in [0.1, 0.15) is 36.4 Å². The van der Waals surface area contributed by atoms with Crippen LogP contribution in [0.5, 0.6) is 28.7 Å². The quantitative estimate of drug-likeness (QED) is 0.273. The summed E-state index contributed by atoms with van der Waals surface area (Å²) >= 11 is 0. The Labute approximate surface area is 240 Å². The molecule has 3 aromatic carbocycles. The number of aliphatic hydroxyl groups is 4. The van der Waals surface area contributed by atoms with Crippen molar-refractivity contribution in [3.63, 3.8) is 0 Å². The Morgan fingerprint density at radius 1 is 1.02 bits per heavy atom. The fourth-order valence-electron chi connectivity index (χ4n) is 5.87. The molecule has 1 saturated heterocycles. The third-order valence-electron chi connectivity index (χ3n) is 7.96. The fraction of sp³-hybridized carbons (Fsp3) is 0.367. The van der Waals surface area contributed by atoms with Gasteiger partial charge in [0.05, 0.1) is 26.7 Å². The lowest BCUT2D eigenvalue weighted by molar-refractivity contribution is -0.338. The minimum Gasteiger partial charge on any atom is -0.493 e. The average molecular weight is 583 g/mol. The first kappa shape index (κ1) is 28.1. The van der Waals surface area contributed by atoms with Gasteiger partial charge in [0.2, 0.25) is 5.75 Å². The van der Waals surface area contributed by atoms with Crippen molar-refractivity contribution < 1.29 is 58.7 Å². The molecule has 6 rings (SSSR count). The van der Waals surface area contributed by atoms with E-state index in [1.54, 1.807) is 13.2 Å². The third kappa shape index (κ3) is 4.30. The van der Waals surface area contributed by atoms with Gasteiger partial charge < -0.3 is 54.0 Å². The predicted molar refractivity (Wildman–Crippen MR) is 144 cm³/mol. The number of hydrogen-bond acceptors (Lipinski definition) is 11. The normalized spacial score (nSPS) is 29.3. The molecule has 222 valence electrons. The molecule has 0 bridgehead atoms. The number of methoxy groups -OCH3 is 2. The van der Waals surface area contributed by atoms with Crippen LogP contribution in [-0.2, 0) is 9.53 Å². The molecule has 12 nitrogen and oxygen atoms in total. The molecule has 0 amide bonds. The molecule has 1 fully saturated rings. The van der Waals surface area contributed by atoms with Crippen LogP contribution >= 0.6 is 0 Å². The van der Waals surface area contributed by atoms with Crippen molar-refractivity contribution in [1.82, 2.24) is 0 Å². The summed E-state index contributed by atoms with van der Waals surface area (Å²) in [4.78, 5) is 11.7. The molecule has 3 aromatic rings. The van der Waals surface area contributed by atoms with Crippen LogP contribution in [0.4, 0.5) is 0 Å². The molecular weight excluding hydrogens is 552 g/mol. The number of fused-ring (bicyclic) bond motifs is 5. The summed E-state index contributed by atoms with van der Waals surface area (Å²) in [6.45, 7) is -0.792. The third-order valence-corrected chi connectivity index (χ3v) is 7.96. The Kier molecular flexibility index (Phi) is 7.11. The number of aliphatic hydroxyl groups excluding tert-OH is 4. The van der Waals surface area contributed by atoms with Crippen molar-refractivity contribution in [2.45, 2.75) is 42.2 Å². The number of ether oxygens (including phenoxy) is 6. The summed E-state index contributed by atoms with van der Waals surface area (Å²) in [6, 6.07) is 16.2. The van der Waals surface area contributed by atoms with Crippen LogP contribution in [0.2, 0.25) is 0 Å². The lowest BCUT2D eigenvalue weighted by Gasteiger charge is -2.46. The van der Waals surface area contributed by atoms with Crippen molar-refractivity contribution in [3.05, 3.63) is 65.7 Å². The van der Waals surface area contributed by atoms with Gasteiger partial charge in [-0.05, 0) is 23.3 Å². The van der Waals surface area contributed by atoms with Gasteiger partial charge in [0.25, 0.3) is 5.79 Å². The molecule has 0 spiro atoms. The van der Waals surface area contributed by atoms with Crippen LogP contribution in [0.15, 0.2) is 54.6 Å². The van der Waals surface area contributed by atoms with E-state index in [1.807, 2.05) is 42.5 Å². The molecule has 0 saturated carbocycles. The van der Waals surface area contributed by atoms with Gasteiger partial charge in [-0.1, -0.05) is 36.4 Å². The van der Waals surface area contributed by atoms with Gasteiger partial charge in [-0.15, -0.1) is 0 Å². The van der Waals surface area contributed by atoms with Crippen molar-refractivity contribution in [3.8, 4) is 39.9 Å². The number of benzene rings is 3. The molecule has 5 N–H and O–H groups in total. The van der Waals surface area contributed by atoms with Gasteiger partial charge in [0, 0.05) is 17.2 Å². The van der Waals surface area contributed by atoms with E-state index in [0.717, 1.165) is 11.1 Å². The summed E-state index contributed by atoms with van der Waals surface area (Å²) in [6.07, 6.45) is -8.39. The van der Waals surface area contributed by atoms with E-state index in [4.69, 9.17) is 28.4 Å². The van der Waals surface area contributed by atoms with Crippen molar-refractivity contribution >= 4 is 5.97 Å². The van der Waals surface area contributed by atoms with E-state index < -0.39 is 48.9 Å². The Bertz CT molecular complexity index is 1490. The molecule has 3 heterocycles. The van der Waals surface area contributed by atoms with Crippen molar-refractivity contribution in [1.29, 1.82) is 0 Å². The lowest BCUT2D eigenvalue weighted by atomic mass is 9.85. The smallest absolute Gasteiger partial charge is 0.335 e. The summed E-state index contributed by atoms with van der Waals surface area (Å²) in [5.41, 5.74) is 3.02. The maximum Gasteiger partial charge on any atom is 0.335 e. The summed E-state index contributed by atoms with van der Waals surface area (Å²) < 4.78 is 35.2. The first-order chi connectivity index (χ1) is 20.2. The lowest BCUT2D eigenvalue weighted by Crippen LogP contribution is -2.69. The van der Waals surface area contributed by atoms with Crippen molar-refractivity contribution in [2.24, 2.45) is 0 Å². The molecule has 42 heavy (non-hydrogen) atoms. The zero-order valence-corrected chi connectivity index (χ0v) is 22.7. The summed E-state index contributed by atoms with van der Waals surface area (Å²) in [5.74, 6) is -2.23. The van der Waals surface area contributed by atoms with E-state index >= 15 is 0 Å². The molecule has 7 atom stereocenters. The minimum absolute atomic E-state index is 0.0432. The number of carboxylic acid groups (broad SMARTS) is 1. The second kappa shape index (κ2) is 10.6. The Morgan fingerprint density at radius 2 is 1.79 bits per heavy atom. The Balaban J connectivity index is 1.45. The Morgan fingerprint density at radius 3 is 2.45 bits per heavy atom. The Hall–Kier alpha value is -4.07. The molecule has 0 aliphatic carbocycles. The molecule has 0 radical (unpaired) electrons. The van der Waals surface area contributed by atoms with E-state index in [-0.39, 0.29) is 18.3 Å². The van der Waals surface area contributed by atoms with Crippen LogP contribution in [0.1, 0.15) is 23.1 Å². The van der Waals surface area contributed by atoms with Gasteiger partial charge in [0.15, 0.2) is 23.7 Å². The zero-order valence-electron chi connectivity index (χ0n) is 22.7. The van der Waals surface area contributed by atoms with Gasteiger partial charge >= 0.3 is 5.97 Å². The number of carbonyl (C=O) groups is 1. The molecule has 12 heteroatoms. The van der Waals surface area contributed by atoms with E-state index in [2.05, 4.69) is 0 Å². The van der Waals surface area contributed by atoms with Crippen LogP contribution in [0, 0.1) is 0 Å². The van der Waals surface area contributed by atoms with E-state index in [9.17, 15) is 30.3 Å². The van der Waals surface area contributed by atoms with Crippen LogP contribution in [-0.4, -0.2) is 89.1 Å². The molecule has 3 aliphatic heterocycles. The average Bonchev–Trinajstić information content (AvgIpc) is 3.39. The minimum atomic E-state index is -2.41. The number of aliphatic carboxylic acids is 1. The van der Waals surface area contributed by atoms with Crippen molar-refractivity contribution in [2.75, 3.05) is 27.4 Å². The van der Waals surface area contributed by atoms with Crippen LogP contribution < -0.4 is 23.7 Å². The van der Waals surface area contributed by atoms with E-state index in [1.165, 1.54) is 13.2 Å². The van der Waals surface area contributed by atoms with Gasteiger partial charge in [-0.25, -0.2) is 4.79 Å². The monoisotopic (exact) mass is 582 g/mol. The zero-order chi connectivity index (χ0) is 29.8. The highest BCUT2D eigenvalue weighted by atomic mass is 16.7. The standard InChI is InChI=1S/C30H30O12/c1-37-19-9-8-16-18-12-39-20-11-15(41-30(13-31)28(34)23(33)22(32)27(42-30)29(35)36)10-17(14-6-4-3-5-7-14)21(20)24(18)40-25(16)26(19)38-2/h3-11,18,22-24,27-28,31-34H,12-13H2,1-2H3,(H,35,36)/t18-,22-,23-,24-,27-,28+,30-/m0/s1. The predicted octanol–water partition coefficient (Wildman–Crippen LogP) is 1.61. The van der Waals surface area contributed by atoms with Crippen LogP contribution in [0.3, 0.4) is 0 Å². The van der Waals surface area contributed by atoms with Crippen LogP contribution in [0.25, 0.3) is 11.1 Å². The highest BCUT2D eigenvalue weighted by molar-refractivity contribution is 5.75.